The average Bonchev–Trinajstić information content (AvgIpc) is 2.25. The molecule has 0 spiro atoms. The van der Waals surface area contributed by atoms with Gasteiger partial charge in [-0.2, -0.15) is 0 Å². The van der Waals surface area contributed by atoms with Crippen molar-refractivity contribution in [2.24, 2.45) is 0 Å². The lowest BCUT2D eigenvalue weighted by molar-refractivity contribution is -0.116. The highest BCUT2D eigenvalue weighted by Gasteiger charge is 1.98. The van der Waals surface area contributed by atoms with E-state index in [0.717, 1.165) is 15.6 Å². The minimum Gasteiger partial charge on any atom is -0.348 e. The van der Waals surface area contributed by atoms with E-state index >= 15 is 0 Å². The van der Waals surface area contributed by atoms with Gasteiger partial charge in [0.1, 0.15) is 0 Å². The first kappa shape index (κ1) is 14.0. The van der Waals surface area contributed by atoms with Crippen molar-refractivity contribution in [1.82, 2.24) is 5.32 Å². The van der Waals surface area contributed by atoms with E-state index in [2.05, 4.69) is 27.8 Å². The zero-order chi connectivity index (χ0) is 12.8. The Morgan fingerprint density at radius 3 is 2.88 bits per heavy atom. The molecule has 0 aliphatic rings. The lowest BCUT2D eigenvalue weighted by Crippen LogP contribution is -2.21. The molecule has 0 unspecified atom stereocenters. The summed E-state index contributed by atoms with van der Waals surface area (Å²) in [6, 6.07) is 5.94. The van der Waals surface area contributed by atoms with E-state index in [1.165, 1.54) is 6.08 Å². The summed E-state index contributed by atoms with van der Waals surface area (Å²) in [6.45, 7) is 5.78. The Balaban J connectivity index is 2.64. The molecule has 0 fully saturated rings. The molecule has 0 saturated heterocycles. The van der Waals surface area contributed by atoms with Crippen LogP contribution in [0.25, 0.3) is 6.08 Å². The molecule has 0 bridgehead atoms. The quantitative estimate of drug-likeness (QED) is 0.845. The summed E-state index contributed by atoms with van der Waals surface area (Å²) in [5, 5.41) is 3.02. The minimum atomic E-state index is -0.195. The summed E-state index contributed by atoms with van der Waals surface area (Å²) >= 11 is 8.98. The monoisotopic (exact) mass is 313 g/mol. The smallest absolute Gasteiger partial charge is 0.244 e. The Kier molecular flexibility index (Phi) is 5.45. The van der Waals surface area contributed by atoms with Crippen molar-refractivity contribution in [2.45, 2.75) is 6.92 Å². The summed E-state index contributed by atoms with van der Waals surface area (Å²) in [5.74, 6) is -0.195. The van der Waals surface area contributed by atoms with Gasteiger partial charge in [0.15, 0.2) is 0 Å². The van der Waals surface area contributed by atoms with Gasteiger partial charge in [-0.15, -0.1) is 0 Å². The van der Waals surface area contributed by atoms with Gasteiger partial charge in [0.2, 0.25) is 5.91 Å². The van der Waals surface area contributed by atoms with Gasteiger partial charge in [-0.05, 0) is 30.2 Å². The van der Waals surface area contributed by atoms with Crippen LogP contribution in [0.5, 0.6) is 0 Å². The van der Waals surface area contributed by atoms with Crippen LogP contribution in [0.2, 0.25) is 0 Å². The summed E-state index contributed by atoms with van der Waals surface area (Å²) < 4.78 is 0.961. The largest absolute Gasteiger partial charge is 0.348 e. The van der Waals surface area contributed by atoms with Gasteiger partial charge in [0.05, 0.1) is 6.54 Å². The third kappa shape index (κ3) is 5.20. The Labute approximate surface area is 114 Å². The van der Waals surface area contributed by atoms with Crippen LogP contribution < -0.4 is 5.32 Å². The lowest BCUT2D eigenvalue weighted by atomic mass is 10.1. The molecular weight excluding hydrogens is 302 g/mol. The van der Waals surface area contributed by atoms with E-state index in [9.17, 15) is 4.79 Å². The zero-order valence-electron chi connectivity index (χ0n) is 9.47. The summed E-state index contributed by atoms with van der Waals surface area (Å²) in [5.41, 5.74) is 2.12. The molecule has 90 valence electrons. The topological polar surface area (TPSA) is 29.1 Å². The number of benzene rings is 1. The Morgan fingerprint density at radius 1 is 1.59 bits per heavy atom. The molecule has 1 amide bonds. The third-order valence-corrected chi connectivity index (χ3v) is 2.85. The summed E-state index contributed by atoms with van der Waals surface area (Å²) in [6.07, 6.45) is 3.21. The number of hydrogen-bond acceptors (Lipinski definition) is 1. The van der Waals surface area contributed by atoms with Crippen LogP contribution in [0.15, 0.2) is 40.4 Å². The number of hydrogen-bond donors (Lipinski definition) is 1. The van der Waals surface area contributed by atoms with Crippen molar-refractivity contribution in [3.05, 3.63) is 51.5 Å². The molecule has 17 heavy (non-hydrogen) atoms. The fourth-order valence-corrected chi connectivity index (χ4v) is 1.87. The zero-order valence-corrected chi connectivity index (χ0v) is 11.8. The maximum absolute atomic E-state index is 11.4. The molecule has 1 aromatic carbocycles. The molecule has 0 aromatic heterocycles. The SMILES string of the molecule is C=C(Cl)CNC(=O)/C=C/c1ccc(C)cc1Br. The molecular formula is C13H13BrClNO. The third-order valence-electron chi connectivity index (χ3n) is 2.02. The molecule has 1 aromatic rings. The number of carbonyl (C=O) groups excluding carboxylic acids is 1. The summed E-state index contributed by atoms with van der Waals surface area (Å²) in [7, 11) is 0. The van der Waals surface area contributed by atoms with Gasteiger partial charge in [-0.25, -0.2) is 0 Å². The Hall–Kier alpha value is -1.06. The van der Waals surface area contributed by atoms with Crippen molar-refractivity contribution >= 4 is 39.5 Å². The van der Waals surface area contributed by atoms with Crippen LogP contribution in [0.1, 0.15) is 11.1 Å². The maximum atomic E-state index is 11.4. The molecule has 0 saturated carbocycles. The Bertz CT molecular complexity index is 468. The van der Waals surface area contributed by atoms with Crippen LogP contribution >= 0.6 is 27.5 Å². The van der Waals surface area contributed by atoms with Gasteiger partial charge in [0, 0.05) is 15.6 Å². The fourth-order valence-electron chi connectivity index (χ4n) is 1.17. The molecule has 0 aliphatic carbocycles. The first-order valence-electron chi connectivity index (χ1n) is 5.04. The van der Waals surface area contributed by atoms with Crippen LogP contribution in [0.3, 0.4) is 0 Å². The van der Waals surface area contributed by atoms with Crippen molar-refractivity contribution in [2.75, 3.05) is 6.54 Å². The molecule has 0 aliphatic heterocycles. The molecule has 2 nitrogen and oxygen atoms in total. The van der Waals surface area contributed by atoms with Crippen molar-refractivity contribution in [1.29, 1.82) is 0 Å². The van der Waals surface area contributed by atoms with Crippen molar-refractivity contribution in [3.63, 3.8) is 0 Å². The highest BCUT2D eigenvalue weighted by molar-refractivity contribution is 9.10. The van der Waals surface area contributed by atoms with Crippen LogP contribution in [0.4, 0.5) is 0 Å². The fraction of sp³-hybridized carbons (Fsp3) is 0.154. The van der Waals surface area contributed by atoms with Crippen LogP contribution in [-0.2, 0) is 4.79 Å². The number of halogens is 2. The molecule has 0 heterocycles. The molecule has 1 N–H and O–H groups in total. The first-order chi connectivity index (χ1) is 7.99. The number of amides is 1. The van der Waals surface area contributed by atoms with E-state index in [-0.39, 0.29) is 12.5 Å². The van der Waals surface area contributed by atoms with E-state index in [1.54, 1.807) is 6.08 Å². The highest BCUT2D eigenvalue weighted by Crippen LogP contribution is 2.19. The molecule has 1 rings (SSSR count). The van der Waals surface area contributed by atoms with Gasteiger partial charge in [-0.1, -0.05) is 46.2 Å². The second-order valence-electron chi connectivity index (χ2n) is 3.59. The first-order valence-corrected chi connectivity index (χ1v) is 6.21. The number of aryl methyl sites for hydroxylation is 1. The van der Waals surface area contributed by atoms with E-state index in [0.29, 0.717) is 5.03 Å². The van der Waals surface area contributed by atoms with E-state index < -0.39 is 0 Å². The van der Waals surface area contributed by atoms with Crippen molar-refractivity contribution < 1.29 is 4.79 Å². The van der Waals surface area contributed by atoms with E-state index in [4.69, 9.17) is 11.6 Å². The van der Waals surface area contributed by atoms with Crippen molar-refractivity contribution in [3.8, 4) is 0 Å². The minimum absolute atomic E-state index is 0.195. The second-order valence-corrected chi connectivity index (χ2v) is 4.98. The molecule has 4 heteroatoms. The summed E-state index contributed by atoms with van der Waals surface area (Å²) in [4.78, 5) is 11.4. The van der Waals surface area contributed by atoms with Crippen LogP contribution in [-0.4, -0.2) is 12.5 Å². The second kappa shape index (κ2) is 6.62. The van der Waals surface area contributed by atoms with Gasteiger partial charge in [0.25, 0.3) is 0 Å². The van der Waals surface area contributed by atoms with Crippen LogP contribution in [0, 0.1) is 6.92 Å². The number of carbonyl (C=O) groups is 1. The lowest BCUT2D eigenvalue weighted by Gasteiger charge is -2.01. The predicted molar refractivity (Wildman–Crippen MR) is 75.9 cm³/mol. The van der Waals surface area contributed by atoms with Gasteiger partial charge >= 0.3 is 0 Å². The molecule has 0 radical (unpaired) electrons. The number of nitrogens with one attached hydrogen (secondary N) is 1. The van der Waals surface area contributed by atoms with Gasteiger partial charge in [-0.3, -0.25) is 4.79 Å². The normalized spacial score (nSPS) is 10.5. The maximum Gasteiger partial charge on any atom is 0.244 e. The standard InChI is InChI=1S/C13H13BrClNO/c1-9-3-4-11(12(14)7-9)5-6-13(17)16-8-10(2)15/h3-7H,2,8H2,1H3,(H,16,17)/b6-5+. The highest BCUT2D eigenvalue weighted by atomic mass is 79.9. The number of rotatable bonds is 4. The predicted octanol–water partition coefficient (Wildman–Crippen LogP) is 3.64. The van der Waals surface area contributed by atoms with Gasteiger partial charge < -0.3 is 5.32 Å². The Morgan fingerprint density at radius 2 is 2.29 bits per heavy atom. The average molecular weight is 315 g/mol. The molecule has 0 atom stereocenters. The van der Waals surface area contributed by atoms with E-state index in [1.807, 2.05) is 25.1 Å².